The van der Waals surface area contributed by atoms with Gasteiger partial charge in [-0.2, -0.15) is 0 Å². The maximum atomic E-state index is 6.03. The summed E-state index contributed by atoms with van der Waals surface area (Å²) in [7, 11) is 0. The summed E-state index contributed by atoms with van der Waals surface area (Å²) in [4.78, 5) is 9.04. The summed E-state index contributed by atoms with van der Waals surface area (Å²) in [5.74, 6) is 2.25. The molecule has 0 saturated heterocycles. The number of aromatic nitrogens is 2. The van der Waals surface area contributed by atoms with Gasteiger partial charge in [0.15, 0.2) is 0 Å². The summed E-state index contributed by atoms with van der Waals surface area (Å²) in [6.07, 6.45) is 1.74. The molecule has 2 heterocycles. The van der Waals surface area contributed by atoms with Gasteiger partial charge in [0.2, 0.25) is 5.88 Å². The number of benzene rings is 2. The van der Waals surface area contributed by atoms with Crippen LogP contribution in [0, 0.1) is 6.92 Å². The molecule has 0 fully saturated rings. The van der Waals surface area contributed by atoms with Crippen molar-refractivity contribution >= 4 is 16.7 Å². The summed E-state index contributed by atoms with van der Waals surface area (Å²) < 4.78 is 6.03. The van der Waals surface area contributed by atoms with E-state index in [1.165, 1.54) is 0 Å². The van der Waals surface area contributed by atoms with Crippen LogP contribution in [0.2, 0.25) is 0 Å². The van der Waals surface area contributed by atoms with E-state index >= 15 is 0 Å². The van der Waals surface area contributed by atoms with Crippen molar-refractivity contribution in [2.45, 2.75) is 13.5 Å². The zero-order chi connectivity index (χ0) is 17.8. The fraction of sp³-hybridized carbons (Fsp3) is 0.0909. The van der Waals surface area contributed by atoms with E-state index in [9.17, 15) is 0 Å². The van der Waals surface area contributed by atoms with E-state index in [1.54, 1.807) is 6.20 Å². The molecule has 0 aliphatic rings. The van der Waals surface area contributed by atoms with Crippen LogP contribution in [0.3, 0.4) is 0 Å². The highest BCUT2D eigenvalue weighted by Gasteiger charge is 2.08. The Kier molecular flexibility index (Phi) is 4.48. The minimum atomic E-state index is 0.584. The van der Waals surface area contributed by atoms with Crippen LogP contribution in [0.4, 0.5) is 5.82 Å². The maximum Gasteiger partial charge on any atom is 0.224 e. The molecule has 128 valence electrons. The molecule has 0 radical (unpaired) electrons. The van der Waals surface area contributed by atoms with E-state index in [4.69, 9.17) is 4.74 Å². The number of aryl methyl sites for hydroxylation is 1. The lowest BCUT2D eigenvalue weighted by atomic mass is 10.2. The second-order valence-electron chi connectivity index (χ2n) is 6.08. The molecular weight excluding hydrogens is 322 g/mol. The molecule has 0 bridgehead atoms. The van der Waals surface area contributed by atoms with Gasteiger partial charge in [0, 0.05) is 23.7 Å². The minimum Gasteiger partial charge on any atom is -0.438 e. The lowest BCUT2D eigenvalue weighted by Gasteiger charge is -2.12. The van der Waals surface area contributed by atoms with Gasteiger partial charge >= 0.3 is 0 Å². The molecule has 26 heavy (non-hydrogen) atoms. The zero-order valence-electron chi connectivity index (χ0n) is 14.5. The molecule has 0 atom stereocenters. The van der Waals surface area contributed by atoms with Crippen molar-refractivity contribution in [3.63, 3.8) is 0 Å². The van der Waals surface area contributed by atoms with Crippen LogP contribution in [0.1, 0.15) is 11.1 Å². The van der Waals surface area contributed by atoms with Gasteiger partial charge in [0.05, 0.1) is 5.52 Å². The molecule has 1 N–H and O–H groups in total. The first-order valence-corrected chi connectivity index (χ1v) is 8.57. The smallest absolute Gasteiger partial charge is 0.224 e. The highest BCUT2D eigenvalue weighted by molar-refractivity contribution is 5.80. The number of ether oxygens (including phenoxy) is 1. The molecule has 2 aromatic heterocycles. The van der Waals surface area contributed by atoms with Crippen molar-refractivity contribution in [3.8, 4) is 11.6 Å². The molecule has 0 spiro atoms. The predicted molar refractivity (Wildman–Crippen MR) is 105 cm³/mol. The van der Waals surface area contributed by atoms with Gasteiger partial charge < -0.3 is 10.1 Å². The van der Waals surface area contributed by atoms with E-state index in [2.05, 4.69) is 27.4 Å². The first-order chi connectivity index (χ1) is 12.8. The van der Waals surface area contributed by atoms with Crippen molar-refractivity contribution < 1.29 is 4.74 Å². The van der Waals surface area contributed by atoms with Gasteiger partial charge in [-0.3, -0.25) is 0 Å². The Morgan fingerprint density at radius 2 is 1.73 bits per heavy atom. The Balaban J connectivity index is 1.53. The fourth-order valence-corrected chi connectivity index (χ4v) is 2.78. The third kappa shape index (κ3) is 3.49. The van der Waals surface area contributed by atoms with E-state index in [0.29, 0.717) is 12.4 Å². The van der Waals surface area contributed by atoms with Crippen LogP contribution in [0.15, 0.2) is 79.0 Å². The quantitative estimate of drug-likeness (QED) is 0.532. The number of fused-ring (bicyclic) bond motifs is 1. The molecule has 0 saturated carbocycles. The molecular formula is C22H19N3O. The summed E-state index contributed by atoms with van der Waals surface area (Å²) in [5.41, 5.74) is 3.03. The highest BCUT2D eigenvalue weighted by atomic mass is 16.5. The van der Waals surface area contributed by atoms with Crippen molar-refractivity contribution in [3.05, 3.63) is 90.1 Å². The van der Waals surface area contributed by atoms with E-state index in [1.807, 2.05) is 67.6 Å². The molecule has 4 rings (SSSR count). The Labute approximate surface area is 152 Å². The first-order valence-electron chi connectivity index (χ1n) is 8.57. The van der Waals surface area contributed by atoms with Gasteiger partial charge in [0.25, 0.3) is 0 Å². The van der Waals surface area contributed by atoms with Crippen LogP contribution in [-0.4, -0.2) is 9.97 Å². The molecule has 4 aromatic rings. The number of nitrogens with zero attached hydrogens (tertiary/aromatic N) is 2. The third-order valence-electron chi connectivity index (χ3n) is 4.21. The average Bonchev–Trinajstić information content (AvgIpc) is 2.69. The Hall–Kier alpha value is -3.40. The minimum absolute atomic E-state index is 0.584. The van der Waals surface area contributed by atoms with Gasteiger partial charge in [0.1, 0.15) is 11.6 Å². The predicted octanol–water partition coefficient (Wildman–Crippen LogP) is 5.34. The van der Waals surface area contributed by atoms with Crippen LogP contribution in [0.25, 0.3) is 10.9 Å². The second-order valence-corrected chi connectivity index (χ2v) is 6.08. The van der Waals surface area contributed by atoms with Crippen LogP contribution >= 0.6 is 0 Å². The average molecular weight is 341 g/mol. The van der Waals surface area contributed by atoms with Crippen molar-refractivity contribution in [2.24, 2.45) is 0 Å². The monoisotopic (exact) mass is 341 g/mol. The van der Waals surface area contributed by atoms with Crippen LogP contribution in [-0.2, 0) is 6.54 Å². The number of hydrogen-bond donors (Lipinski definition) is 1. The number of para-hydroxylation sites is 2. The number of hydrogen-bond acceptors (Lipinski definition) is 4. The lowest BCUT2D eigenvalue weighted by molar-refractivity contribution is 0.453. The number of anilines is 1. The maximum absolute atomic E-state index is 6.03. The number of pyridine rings is 2. The van der Waals surface area contributed by atoms with Crippen molar-refractivity contribution in [2.75, 3.05) is 5.32 Å². The SMILES string of the molecule is Cc1ccccc1Oc1ncccc1CNc1ccc2ccccc2n1. The fourth-order valence-electron chi connectivity index (χ4n) is 2.78. The molecule has 0 amide bonds. The lowest BCUT2D eigenvalue weighted by Crippen LogP contribution is -2.04. The molecule has 0 aliphatic heterocycles. The van der Waals surface area contributed by atoms with Crippen LogP contribution < -0.4 is 10.1 Å². The van der Waals surface area contributed by atoms with Gasteiger partial charge in [-0.25, -0.2) is 9.97 Å². The molecule has 0 aliphatic carbocycles. The van der Waals surface area contributed by atoms with E-state index in [0.717, 1.165) is 33.6 Å². The molecule has 2 aromatic carbocycles. The molecule has 4 nitrogen and oxygen atoms in total. The van der Waals surface area contributed by atoms with Crippen LogP contribution in [0.5, 0.6) is 11.6 Å². The summed E-state index contributed by atoms with van der Waals surface area (Å²) >= 11 is 0. The molecule has 4 heteroatoms. The zero-order valence-corrected chi connectivity index (χ0v) is 14.5. The summed E-state index contributed by atoms with van der Waals surface area (Å²) in [5, 5.41) is 4.49. The van der Waals surface area contributed by atoms with Gasteiger partial charge in [-0.1, -0.05) is 42.5 Å². The second kappa shape index (κ2) is 7.23. The Morgan fingerprint density at radius 1 is 0.885 bits per heavy atom. The number of rotatable bonds is 5. The van der Waals surface area contributed by atoms with E-state index < -0.39 is 0 Å². The standard InChI is InChI=1S/C22H19N3O/c1-16-7-2-5-11-20(16)26-22-18(9-6-14-23-22)15-24-21-13-12-17-8-3-4-10-19(17)25-21/h2-14H,15H2,1H3,(H,24,25). The largest absolute Gasteiger partial charge is 0.438 e. The topological polar surface area (TPSA) is 47.0 Å². The molecule has 0 unspecified atom stereocenters. The normalized spacial score (nSPS) is 10.7. The Morgan fingerprint density at radius 3 is 2.65 bits per heavy atom. The van der Waals surface area contributed by atoms with Crippen molar-refractivity contribution in [1.29, 1.82) is 0 Å². The van der Waals surface area contributed by atoms with Gasteiger partial charge in [-0.05, 0) is 42.8 Å². The highest BCUT2D eigenvalue weighted by Crippen LogP contribution is 2.26. The van der Waals surface area contributed by atoms with Gasteiger partial charge in [-0.15, -0.1) is 0 Å². The third-order valence-corrected chi connectivity index (χ3v) is 4.21. The van der Waals surface area contributed by atoms with Crippen molar-refractivity contribution in [1.82, 2.24) is 9.97 Å². The Bertz CT molecular complexity index is 1050. The number of nitrogens with one attached hydrogen (secondary N) is 1. The summed E-state index contributed by atoms with van der Waals surface area (Å²) in [6.45, 7) is 2.61. The summed E-state index contributed by atoms with van der Waals surface area (Å²) in [6, 6.07) is 24.0. The van der Waals surface area contributed by atoms with E-state index in [-0.39, 0.29) is 0 Å². The first kappa shape index (κ1) is 16.1.